The van der Waals surface area contributed by atoms with Crippen LogP contribution < -0.4 is 15.5 Å². The number of amides is 3. The maximum Gasteiger partial charge on any atom is 0.326 e. The number of aromatic nitrogens is 3. The van der Waals surface area contributed by atoms with E-state index in [4.69, 9.17) is 14.2 Å². The summed E-state index contributed by atoms with van der Waals surface area (Å²) in [6.45, 7) is 13.7. The van der Waals surface area contributed by atoms with Crippen molar-refractivity contribution in [2.45, 2.75) is 129 Å². The van der Waals surface area contributed by atoms with Crippen LogP contribution >= 0.6 is 0 Å². The van der Waals surface area contributed by atoms with Gasteiger partial charge in [0.2, 0.25) is 17.7 Å². The van der Waals surface area contributed by atoms with Crippen molar-refractivity contribution in [1.29, 1.82) is 0 Å². The molecule has 3 aromatic rings. The number of nitrogens with one attached hydrogen (secondary N) is 2. The summed E-state index contributed by atoms with van der Waals surface area (Å²) in [5, 5.41) is 21.3. The maximum atomic E-state index is 13.5. The van der Waals surface area contributed by atoms with Crippen LogP contribution in [0.2, 0.25) is 0 Å². The molecule has 3 aliphatic rings. The van der Waals surface area contributed by atoms with Gasteiger partial charge in [0, 0.05) is 42.2 Å². The van der Waals surface area contributed by atoms with Gasteiger partial charge in [-0.2, -0.15) is 0 Å². The molecule has 3 fully saturated rings. The van der Waals surface area contributed by atoms with Crippen LogP contribution in [-0.4, -0.2) is 73.8 Å². The average Bonchev–Trinajstić information content (AvgIpc) is 3.90. The van der Waals surface area contributed by atoms with Crippen molar-refractivity contribution in [2.75, 3.05) is 4.90 Å². The Morgan fingerprint density at radius 2 is 1.32 bits per heavy atom. The molecule has 15 nitrogen and oxygen atoms in total. The number of aliphatic carboxylic acids is 1. The highest BCUT2D eigenvalue weighted by molar-refractivity contribution is 6.04. The number of aryl methyl sites for hydroxylation is 1. The van der Waals surface area contributed by atoms with Crippen molar-refractivity contribution in [3.8, 4) is 0 Å². The SMILES string of the molecule is CC(C)(C)c1cc(CC(=O)[C@@H]2CCC(=O)N2)on1.Cc1nc(N2C(=O)CC[C@H]2C(=O)Cc2cc(C(C)(C)C)no2)ccc1F.O=C1CC[C@@H](C(=O)O)N1. The summed E-state index contributed by atoms with van der Waals surface area (Å²) < 4.78 is 23.9. The molecular weight excluding hydrogens is 691 g/mol. The smallest absolute Gasteiger partial charge is 0.326 e. The summed E-state index contributed by atoms with van der Waals surface area (Å²) in [5.41, 5.74) is 1.54. The molecular formula is C37H47FN6O9. The molecule has 53 heavy (non-hydrogen) atoms. The molecule has 3 atom stereocenters. The van der Waals surface area contributed by atoms with Crippen LogP contribution in [0.1, 0.15) is 109 Å². The van der Waals surface area contributed by atoms with E-state index in [0.717, 1.165) is 11.4 Å². The predicted octanol–water partition coefficient (Wildman–Crippen LogP) is 3.83. The van der Waals surface area contributed by atoms with Crippen LogP contribution in [0, 0.1) is 12.7 Å². The van der Waals surface area contributed by atoms with E-state index in [9.17, 15) is 33.2 Å². The molecule has 3 aromatic heterocycles. The first-order valence-corrected chi connectivity index (χ1v) is 17.5. The molecule has 3 amide bonds. The Labute approximate surface area is 306 Å². The predicted molar refractivity (Wildman–Crippen MR) is 187 cm³/mol. The van der Waals surface area contributed by atoms with E-state index in [1.54, 1.807) is 6.07 Å². The Morgan fingerprint density at radius 3 is 1.74 bits per heavy atom. The van der Waals surface area contributed by atoms with Gasteiger partial charge in [0.25, 0.3) is 0 Å². The van der Waals surface area contributed by atoms with Crippen molar-refractivity contribution in [3.63, 3.8) is 0 Å². The second-order valence-corrected chi connectivity index (χ2v) is 15.4. The first-order valence-electron chi connectivity index (χ1n) is 17.5. The van der Waals surface area contributed by atoms with Gasteiger partial charge < -0.3 is 24.8 Å². The molecule has 0 bridgehead atoms. The van der Waals surface area contributed by atoms with Gasteiger partial charge in [-0.25, -0.2) is 14.2 Å². The number of nitrogens with zero attached hydrogens (tertiary/aromatic N) is 4. The normalized spacial score (nSPS) is 19.9. The van der Waals surface area contributed by atoms with Crippen LogP contribution in [0.3, 0.4) is 0 Å². The van der Waals surface area contributed by atoms with E-state index >= 15 is 0 Å². The number of carbonyl (C=O) groups is 6. The van der Waals surface area contributed by atoms with Gasteiger partial charge in [0.1, 0.15) is 29.2 Å². The molecule has 6 rings (SSSR count). The number of anilines is 1. The lowest BCUT2D eigenvalue weighted by atomic mass is 9.92. The minimum Gasteiger partial charge on any atom is -0.480 e. The Kier molecular flexibility index (Phi) is 12.7. The number of ketones is 2. The Bertz CT molecular complexity index is 1850. The van der Waals surface area contributed by atoms with Gasteiger partial charge in [-0.1, -0.05) is 51.9 Å². The van der Waals surface area contributed by atoms with Crippen LogP contribution in [0.5, 0.6) is 0 Å². The van der Waals surface area contributed by atoms with E-state index < -0.39 is 23.9 Å². The van der Waals surface area contributed by atoms with Gasteiger partial charge >= 0.3 is 5.97 Å². The number of carboxylic acid groups (broad SMARTS) is 1. The zero-order valence-electron chi connectivity index (χ0n) is 31.1. The number of Topliss-reactive ketones (excluding diaryl/α,β-unsaturated/α-hetero) is 2. The van der Waals surface area contributed by atoms with E-state index in [1.807, 2.05) is 47.6 Å². The lowest BCUT2D eigenvalue weighted by molar-refractivity contribution is -0.140. The molecule has 0 unspecified atom stereocenters. The van der Waals surface area contributed by atoms with Crippen molar-refractivity contribution in [2.24, 2.45) is 0 Å². The van der Waals surface area contributed by atoms with Crippen molar-refractivity contribution >= 4 is 41.1 Å². The Hall–Kier alpha value is -5.28. The molecule has 0 radical (unpaired) electrons. The topological polar surface area (TPSA) is 215 Å². The summed E-state index contributed by atoms with van der Waals surface area (Å²) in [5.74, 6) is -0.612. The molecule has 0 spiro atoms. The van der Waals surface area contributed by atoms with Crippen LogP contribution in [0.4, 0.5) is 10.2 Å². The van der Waals surface area contributed by atoms with Crippen molar-refractivity contribution in [1.82, 2.24) is 25.9 Å². The third-order valence-corrected chi connectivity index (χ3v) is 8.87. The summed E-state index contributed by atoms with van der Waals surface area (Å²) in [4.78, 5) is 74.0. The van der Waals surface area contributed by atoms with Crippen LogP contribution in [0.25, 0.3) is 0 Å². The largest absolute Gasteiger partial charge is 0.480 e. The number of carbonyl (C=O) groups excluding carboxylic acids is 5. The monoisotopic (exact) mass is 738 g/mol. The van der Waals surface area contributed by atoms with Gasteiger partial charge in [-0.3, -0.25) is 28.9 Å². The average molecular weight is 739 g/mol. The fourth-order valence-electron chi connectivity index (χ4n) is 5.68. The third-order valence-electron chi connectivity index (χ3n) is 8.87. The fraction of sp³-hybridized carbons (Fsp3) is 0.541. The fourth-order valence-corrected chi connectivity index (χ4v) is 5.68. The number of rotatable bonds is 8. The highest BCUT2D eigenvalue weighted by Gasteiger charge is 2.38. The number of carboxylic acids is 1. The van der Waals surface area contributed by atoms with Gasteiger partial charge in [-0.05, 0) is 38.3 Å². The van der Waals surface area contributed by atoms with E-state index in [-0.39, 0.29) is 71.1 Å². The van der Waals surface area contributed by atoms with Gasteiger partial charge in [0.05, 0.1) is 42.0 Å². The number of pyridine rings is 1. The zero-order valence-corrected chi connectivity index (χ0v) is 31.1. The number of halogens is 1. The van der Waals surface area contributed by atoms with Crippen LogP contribution in [-0.2, 0) is 52.4 Å². The van der Waals surface area contributed by atoms with Gasteiger partial charge in [0.15, 0.2) is 11.6 Å². The Balaban J connectivity index is 0.000000200. The lowest BCUT2D eigenvalue weighted by Crippen LogP contribution is -2.40. The Morgan fingerprint density at radius 1 is 0.811 bits per heavy atom. The lowest BCUT2D eigenvalue weighted by Gasteiger charge is -2.23. The first-order chi connectivity index (χ1) is 24.7. The van der Waals surface area contributed by atoms with Gasteiger partial charge in [-0.15, -0.1) is 0 Å². The minimum atomic E-state index is -0.944. The quantitative estimate of drug-likeness (QED) is 0.301. The molecule has 286 valence electrons. The summed E-state index contributed by atoms with van der Waals surface area (Å²) in [6, 6.07) is 4.66. The molecule has 3 N–H and O–H groups in total. The van der Waals surface area contributed by atoms with Crippen molar-refractivity contribution in [3.05, 3.63) is 58.7 Å². The molecule has 0 aliphatic carbocycles. The highest BCUT2D eigenvalue weighted by Crippen LogP contribution is 2.28. The summed E-state index contributed by atoms with van der Waals surface area (Å²) in [6.07, 6.45) is 2.70. The highest BCUT2D eigenvalue weighted by atomic mass is 19.1. The first kappa shape index (κ1) is 40.5. The van der Waals surface area contributed by atoms with Crippen LogP contribution in [0.15, 0.2) is 33.3 Å². The summed E-state index contributed by atoms with van der Waals surface area (Å²) >= 11 is 0. The van der Waals surface area contributed by atoms with E-state index in [1.165, 1.54) is 24.0 Å². The summed E-state index contributed by atoms with van der Waals surface area (Å²) in [7, 11) is 0. The number of hydrogen-bond donors (Lipinski definition) is 3. The number of hydrogen-bond acceptors (Lipinski definition) is 11. The standard InChI is InChI=1S/C19H22FN3O3.C13H18N2O3.C5H7NO3/c1-11-13(20)5-7-17(21-11)23-14(6-8-18(23)25)15(24)9-12-10-16(22-26-12)19(2,3)4;1-13(2,3)11-7-8(18-15-11)6-10(16)9-4-5-12(17)14-9;7-4-2-1-3(6-4)5(8)9/h5,7,10,14H,6,8-9H2,1-4H3;7,9H,4-6H2,1-3H3,(H,14,17);3H,1-2H2,(H,6,7)(H,8,9)/t14-;9-;3-/m000/s1. The zero-order chi connectivity index (χ0) is 39.2. The maximum absolute atomic E-state index is 13.5. The molecule has 0 aromatic carbocycles. The molecule has 16 heteroatoms. The molecule has 6 heterocycles. The van der Waals surface area contributed by atoms with E-state index in [0.29, 0.717) is 49.4 Å². The molecule has 3 saturated heterocycles. The third kappa shape index (κ3) is 10.9. The second kappa shape index (κ2) is 16.6. The van der Waals surface area contributed by atoms with Crippen molar-refractivity contribution < 1.29 is 47.3 Å². The minimum absolute atomic E-state index is 0.0162. The molecule has 3 aliphatic heterocycles. The van der Waals surface area contributed by atoms with E-state index in [2.05, 4.69) is 25.9 Å². The molecule has 0 saturated carbocycles. The second-order valence-electron chi connectivity index (χ2n) is 15.4.